The van der Waals surface area contributed by atoms with Gasteiger partial charge in [0.1, 0.15) is 0 Å². The van der Waals surface area contributed by atoms with Gasteiger partial charge in [0.25, 0.3) is 5.69 Å². The smallest absolute Gasteiger partial charge is 0.269 e. The Hall–Kier alpha value is -3.67. The molecule has 0 aliphatic rings. The number of carbonyl (C=O) groups excluding carboxylic acids is 1. The Morgan fingerprint density at radius 2 is 1.30 bits per heavy atom. The van der Waals surface area contributed by atoms with Crippen molar-refractivity contribution >= 4 is 11.5 Å². The number of nitro groups is 1. The number of ether oxygens (including phenoxy) is 2. The van der Waals surface area contributed by atoms with Crippen LogP contribution in [0.5, 0.6) is 11.5 Å². The first kappa shape index (κ1) is 18.1. The number of nitro benzene ring substituents is 1. The minimum absolute atomic E-state index is 0.0407. The highest BCUT2D eigenvalue weighted by atomic mass is 16.6. The van der Waals surface area contributed by atoms with E-state index in [1.807, 2.05) is 12.1 Å². The van der Waals surface area contributed by atoms with Gasteiger partial charge in [-0.1, -0.05) is 24.3 Å². The van der Waals surface area contributed by atoms with Crippen LogP contribution < -0.4 is 9.47 Å². The predicted molar refractivity (Wildman–Crippen MR) is 102 cm³/mol. The first-order valence-corrected chi connectivity index (χ1v) is 8.15. The monoisotopic (exact) mass is 363 g/mol. The van der Waals surface area contributed by atoms with Gasteiger partial charge in [-0.2, -0.15) is 0 Å². The lowest BCUT2D eigenvalue weighted by molar-refractivity contribution is -0.384. The molecule has 0 heterocycles. The van der Waals surface area contributed by atoms with Crippen LogP contribution in [0.1, 0.15) is 15.9 Å². The van der Waals surface area contributed by atoms with Gasteiger partial charge in [0.15, 0.2) is 17.3 Å². The zero-order valence-electron chi connectivity index (χ0n) is 14.8. The van der Waals surface area contributed by atoms with Gasteiger partial charge in [0, 0.05) is 23.3 Å². The maximum absolute atomic E-state index is 12.7. The fourth-order valence-corrected chi connectivity index (χ4v) is 2.73. The van der Waals surface area contributed by atoms with E-state index in [1.165, 1.54) is 26.4 Å². The van der Waals surface area contributed by atoms with Crippen LogP contribution in [0.2, 0.25) is 0 Å². The summed E-state index contributed by atoms with van der Waals surface area (Å²) in [6.45, 7) is 0. The van der Waals surface area contributed by atoms with Crippen molar-refractivity contribution in [3.8, 4) is 22.6 Å². The van der Waals surface area contributed by atoms with E-state index in [0.29, 0.717) is 22.6 Å². The van der Waals surface area contributed by atoms with Crippen LogP contribution in [-0.4, -0.2) is 24.9 Å². The molecule has 3 aromatic rings. The lowest BCUT2D eigenvalue weighted by Gasteiger charge is -2.09. The Morgan fingerprint density at radius 1 is 0.778 bits per heavy atom. The predicted octanol–water partition coefficient (Wildman–Crippen LogP) is 4.51. The Morgan fingerprint density at radius 3 is 1.81 bits per heavy atom. The van der Waals surface area contributed by atoms with Crippen molar-refractivity contribution < 1.29 is 19.2 Å². The molecule has 0 radical (unpaired) electrons. The molecule has 0 saturated carbocycles. The fourth-order valence-electron chi connectivity index (χ4n) is 2.73. The molecule has 0 amide bonds. The molecule has 0 N–H and O–H groups in total. The third-order valence-electron chi connectivity index (χ3n) is 4.20. The summed E-state index contributed by atoms with van der Waals surface area (Å²) in [5.41, 5.74) is 2.78. The molecule has 0 unspecified atom stereocenters. The van der Waals surface area contributed by atoms with Crippen LogP contribution in [0.3, 0.4) is 0 Å². The van der Waals surface area contributed by atoms with Crippen molar-refractivity contribution in [1.82, 2.24) is 0 Å². The van der Waals surface area contributed by atoms with Crippen molar-refractivity contribution in [2.75, 3.05) is 14.2 Å². The standard InChI is InChI=1S/C21H17NO5/c1-26-19-12-9-17(13-20(19)27-2)21(23)16-5-3-14(4-6-16)15-7-10-18(11-8-15)22(24)25/h3-13H,1-2H3. The van der Waals surface area contributed by atoms with Crippen molar-refractivity contribution in [2.24, 2.45) is 0 Å². The largest absolute Gasteiger partial charge is 0.493 e. The molecule has 136 valence electrons. The molecule has 0 aromatic heterocycles. The minimum atomic E-state index is -0.436. The third-order valence-corrected chi connectivity index (χ3v) is 4.20. The summed E-state index contributed by atoms with van der Waals surface area (Å²) in [7, 11) is 3.06. The number of methoxy groups -OCH3 is 2. The summed E-state index contributed by atoms with van der Waals surface area (Å²) in [6, 6.07) is 18.4. The highest BCUT2D eigenvalue weighted by molar-refractivity contribution is 6.09. The second-order valence-electron chi connectivity index (χ2n) is 5.78. The number of hydrogen-bond donors (Lipinski definition) is 0. The second-order valence-corrected chi connectivity index (χ2v) is 5.78. The first-order chi connectivity index (χ1) is 13.0. The van der Waals surface area contributed by atoms with Crippen molar-refractivity contribution in [1.29, 1.82) is 0 Å². The van der Waals surface area contributed by atoms with E-state index in [4.69, 9.17) is 9.47 Å². The molecule has 6 heteroatoms. The van der Waals surface area contributed by atoms with E-state index in [2.05, 4.69) is 0 Å². The average Bonchev–Trinajstić information content (AvgIpc) is 2.72. The zero-order chi connectivity index (χ0) is 19.4. The number of nitrogens with zero attached hydrogens (tertiary/aromatic N) is 1. The highest BCUT2D eigenvalue weighted by Gasteiger charge is 2.13. The third kappa shape index (κ3) is 3.79. The molecule has 0 aliphatic heterocycles. The van der Waals surface area contributed by atoms with E-state index >= 15 is 0 Å². The highest BCUT2D eigenvalue weighted by Crippen LogP contribution is 2.29. The van der Waals surface area contributed by atoms with Gasteiger partial charge in [-0.3, -0.25) is 14.9 Å². The van der Waals surface area contributed by atoms with Gasteiger partial charge in [-0.25, -0.2) is 0 Å². The maximum Gasteiger partial charge on any atom is 0.269 e. The molecular weight excluding hydrogens is 346 g/mol. The first-order valence-electron chi connectivity index (χ1n) is 8.15. The van der Waals surface area contributed by atoms with E-state index < -0.39 is 4.92 Å². The van der Waals surface area contributed by atoms with E-state index in [1.54, 1.807) is 42.5 Å². The lowest BCUT2D eigenvalue weighted by atomic mass is 9.99. The Balaban J connectivity index is 1.84. The quantitative estimate of drug-likeness (QED) is 0.366. The molecule has 6 nitrogen and oxygen atoms in total. The maximum atomic E-state index is 12.7. The van der Waals surface area contributed by atoms with E-state index in [-0.39, 0.29) is 11.5 Å². The van der Waals surface area contributed by atoms with Crippen molar-refractivity contribution in [3.05, 3.63) is 88.0 Å². The van der Waals surface area contributed by atoms with Gasteiger partial charge >= 0.3 is 0 Å². The Labute approximate surface area is 156 Å². The zero-order valence-corrected chi connectivity index (χ0v) is 14.8. The van der Waals surface area contributed by atoms with Gasteiger partial charge in [0.2, 0.25) is 0 Å². The number of ketones is 1. The van der Waals surface area contributed by atoms with E-state index in [0.717, 1.165) is 11.1 Å². The van der Waals surface area contributed by atoms with Gasteiger partial charge in [0.05, 0.1) is 19.1 Å². The molecule has 0 aliphatic carbocycles. The van der Waals surface area contributed by atoms with Crippen molar-refractivity contribution in [3.63, 3.8) is 0 Å². The van der Waals surface area contributed by atoms with E-state index in [9.17, 15) is 14.9 Å². The molecule has 3 rings (SSSR count). The summed E-state index contributed by atoms with van der Waals surface area (Å²) in [5.74, 6) is 0.916. The Bertz CT molecular complexity index is 978. The number of non-ortho nitro benzene ring substituents is 1. The average molecular weight is 363 g/mol. The van der Waals surface area contributed by atoms with Gasteiger partial charge < -0.3 is 9.47 Å². The Kier molecular flexibility index (Phi) is 5.17. The lowest BCUT2D eigenvalue weighted by Crippen LogP contribution is -2.02. The number of benzene rings is 3. The molecule has 27 heavy (non-hydrogen) atoms. The topological polar surface area (TPSA) is 78.7 Å². The summed E-state index contributed by atoms with van der Waals surface area (Å²) >= 11 is 0. The van der Waals surface area contributed by atoms with Crippen LogP contribution in [-0.2, 0) is 0 Å². The number of carbonyl (C=O) groups is 1. The van der Waals surface area contributed by atoms with Gasteiger partial charge in [-0.05, 0) is 41.5 Å². The fraction of sp³-hybridized carbons (Fsp3) is 0.0952. The van der Waals surface area contributed by atoms with Crippen molar-refractivity contribution in [2.45, 2.75) is 0 Å². The summed E-state index contributed by atoms with van der Waals surface area (Å²) in [4.78, 5) is 23.0. The molecule has 0 bridgehead atoms. The molecule has 0 spiro atoms. The summed E-state index contributed by atoms with van der Waals surface area (Å²) < 4.78 is 10.4. The minimum Gasteiger partial charge on any atom is -0.493 e. The number of rotatable bonds is 6. The van der Waals surface area contributed by atoms with Crippen LogP contribution in [0.4, 0.5) is 5.69 Å². The summed E-state index contributed by atoms with van der Waals surface area (Å²) in [5, 5.41) is 10.7. The molecule has 3 aromatic carbocycles. The number of hydrogen-bond acceptors (Lipinski definition) is 5. The van der Waals surface area contributed by atoms with Crippen LogP contribution in [0, 0.1) is 10.1 Å². The molecule has 0 saturated heterocycles. The van der Waals surface area contributed by atoms with Crippen LogP contribution in [0.25, 0.3) is 11.1 Å². The second kappa shape index (κ2) is 7.70. The normalized spacial score (nSPS) is 10.3. The SMILES string of the molecule is COc1ccc(C(=O)c2ccc(-c3ccc([N+](=O)[O-])cc3)cc2)cc1OC. The molecule has 0 atom stereocenters. The van der Waals surface area contributed by atoms with Crippen LogP contribution >= 0.6 is 0 Å². The molecular formula is C21H17NO5. The van der Waals surface area contributed by atoms with Gasteiger partial charge in [-0.15, -0.1) is 0 Å². The van der Waals surface area contributed by atoms with Crippen LogP contribution in [0.15, 0.2) is 66.7 Å². The molecule has 0 fully saturated rings. The summed E-state index contributed by atoms with van der Waals surface area (Å²) in [6.07, 6.45) is 0.